The van der Waals surface area contributed by atoms with Crippen molar-refractivity contribution in [1.29, 1.82) is 0 Å². The molecule has 0 aliphatic heterocycles. The second-order valence-electron chi connectivity index (χ2n) is 4.46. The first-order valence-electron chi connectivity index (χ1n) is 6.39. The molecule has 2 aromatic rings. The van der Waals surface area contributed by atoms with E-state index in [1.165, 1.54) is 18.2 Å². The van der Waals surface area contributed by atoms with Gasteiger partial charge in [0, 0.05) is 30.4 Å². The number of halogens is 1. The molecule has 0 aliphatic rings. The smallest absolute Gasteiger partial charge is 0.233 e. The molecule has 0 amide bonds. The van der Waals surface area contributed by atoms with Crippen LogP contribution in [0.1, 0.15) is 11.3 Å². The van der Waals surface area contributed by atoms with Gasteiger partial charge in [0.15, 0.2) is 0 Å². The van der Waals surface area contributed by atoms with Gasteiger partial charge in [-0.1, -0.05) is 12.1 Å². The first-order valence-corrected chi connectivity index (χ1v) is 8.05. The number of sulfonamides is 1. The number of anilines is 1. The number of nitrogens with zero attached hydrogens (tertiary/aromatic N) is 1. The second-order valence-corrected chi connectivity index (χ2v) is 6.30. The lowest BCUT2D eigenvalue weighted by atomic mass is 10.2. The van der Waals surface area contributed by atoms with Crippen LogP contribution in [0.15, 0.2) is 42.6 Å². The molecule has 1 aromatic carbocycles. The average molecular weight is 309 g/mol. The van der Waals surface area contributed by atoms with Gasteiger partial charge in [-0.2, -0.15) is 0 Å². The van der Waals surface area contributed by atoms with Gasteiger partial charge in [0.05, 0.1) is 11.4 Å². The predicted octanol–water partition coefficient (Wildman–Crippen LogP) is 1.66. The molecule has 21 heavy (non-hydrogen) atoms. The highest BCUT2D eigenvalue weighted by molar-refractivity contribution is 7.92. The maximum absolute atomic E-state index is 13.6. The van der Waals surface area contributed by atoms with Gasteiger partial charge in [-0.15, -0.1) is 0 Å². The summed E-state index contributed by atoms with van der Waals surface area (Å²) in [6.45, 7) is -0.0786. The van der Waals surface area contributed by atoms with E-state index in [4.69, 9.17) is 5.73 Å². The molecule has 5 nitrogen and oxygen atoms in total. The number of aryl methyl sites for hydroxylation is 1. The van der Waals surface area contributed by atoms with Crippen LogP contribution in [0.4, 0.5) is 10.1 Å². The molecule has 0 atom stereocenters. The van der Waals surface area contributed by atoms with Gasteiger partial charge in [0.25, 0.3) is 0 Å². The minimum Gasteiger partial charge on any atom is -0.326 e. The summed E-state index contributed by atoms with van der Waals surface area (Å²) in [4.78, 5) is 4.06. The highest BCUT2D eigenvalue weighted by Crippen LogP contribution is 2.19. The zero-order chi connectivity index (χ0) is 15.3. The number of nitrogens with two attached hydrogens (primary N) is 1. The summed E-state index contributed by atoms with van der Waals surface area (Å²) in [6, 6.07) is 9.48. The number of aromatic nitrogens is 1. The molecule has 0 aliphatic carbocycles. The zero-order valence-corrected chi connectivity index (χ0v) is 12.1. The minimum absolute atomic E-state index is 0.0786. The molecular weight excluding hydrogens is 293 g/mol. The van der Waals surface area contributed by atoms with Crippen LogP contribution in [-0.2, 0) is 23.0 Å². The largest absolute Gasteiger partial charge is 0.326 e. The minimum atomic E-state index is -3.59. The Morgan fingerprint density at radius 1 is 1.19 bits per heavy atom. The van der Waals surface area contributed by atoms with Crippen molar-refractivity contribution >= 4 is 15.7 Å². The molecule has 7 heteroatoms. The fraction of sp³-hybridized carbons (Fsp3) is 0.214. The lowest BCUT2D eigenvalue weighted by Crippen LogP contribution is -2.20. The van der Waals surface area contributed by atoms with Crippen LogP contribution in [-0.4, -0.2) is 19.2 Å². The van der Waals surface area contributed by atoms with Crippen LogP contribution >= 0.6 is 0 Å². The van der Waals surface area contributed by atoms with Crippen molar-refractivity contribution in [3.8, 4) is 0 Å². The van der Waals surface area contributed by atoms with Gasteiger partial charge in [-0.3, -0.25) is 9.71 Å². The summed E-state index contributed by atoms with van der Waals surface area (Å²) in [7, 11) is -3.59. The average Bonchev–Trinajstić information content (AvgIpc) is 2.46. The zero-order valence-electron chi connectivity index (χ0n) is 11.3. The fourth-order valence-corrected chi connectivity index (χ4v) is 2.97. The van der Waals surface area contributed by atoms with Gasteiger partial charge in [0.2, 0.25) is 10.0 Å². The predicted molar refractivity (Wildman–Crippen MR) is 79.6 cm³/mol. The van der Waals surface area contributed by atoms with E-state index in [0.29, 0.717) is 5.69 Å². The SMILES string of the molecule is NCc1c(F)cccc1NS(=O)(=O)CCc1ccccn1. The quantitative estimate of drug-likeness (QED) is 0.850. The standard InChI is InChI=1S/C14H16FN3O2S/c15-13-5-3-6-14(12(13)10-16)18-21(19,20)9-7-11-4-1-2-8-17-11/h1-6,8,18H,7,9-10,16H2. The fourth-order valence-electron chi connectivity index (χ4n) is 1.87. The molecule has 1 aromatic heterocycles. The van der Waals surface area contributed by atoms with E-state index in [0.717, 1.165) is 0 Å². The number of pyridine rings is 1. The molecule has 0 radical (unpaired) electrons. The number of hydrogen-bond acceptors (Lipinski definition) is 4. The molecule has 0 bridgehead atoms. The van der Waals surface area contributed by atoms with E-state index in [1.54, 1.807) is 24.4 Å². The number of benzene rings is 1. The van der Waals surface area contributed by atoms with Crippen LogP contribution in [0.5, 0.6) is 0 Å². The number of nitrogens with one attached hydrogen (secondary N) is 1. The topological polar surface area (TPSA) is 85.1 Å². The van der Waals surface area contributed by atoms with E-state index in [2.05, 4.69) is 9.71 Å². The summed E-state index contributed by atoms with van der Waals surface area (Å²) >= 11 is 0. The molecular formula is C14H16FN3O2S. The second kappa shape index (κ2) is 6.64. The number of rotatable bonds is 6. The number of hydrogen-bond donors (Lipinski definition) is 2. The third kappa shape index (κ3) is 4.24. The van der Waals surface area contributed by atoms with Crippen LogP contribution in [0.3, 0.4) is 0 Å². The van der Waals surface area contributed by atoms with Crippen molar-refractivity contribution in [1.82, 2.24) is 4.98 Å². The normalized spacial score (nSPS) is 11.3. The van der Waals surface area contributed by atoms with Crippen molar-refractivity contribution in [2.45, 2.75) is 13.0 Å². The summed E-state index contributed by atoms with van der Waals surface area (Å²) < 4.78 is 40.0. The van der Waals surface area contributed by atoms with Crippen LogP contribution in [0.25, 0.3) is 0 Å². The van der Waals surface area contributed by atoms with Crippen molar-refractivity contribution < 1.29 is 12.8 Å². The molecule has 112 valence electrons. The third-order valence-corrected chi connectivity index (χ3v) is 4.21. The van der Waals surface area contributed by atoms with Crippen LogP contribution in [0.2, 0.25) is 0 Å². The maximum Gasteiger partial charge on any atom is 0.233 e. The first kappa shape index (κ1) is 15.4. The highest BCUT2D eigenvalue weighted by Gasteiger charge is 2.15. The molecule has 3 N–H and O–H groups in total. The van der Waals surface area contributed by atoms with E-state index in [1.807, 2.05) is 0 Å². The Labute approximate surface area is 123 Å². The molecule has 0 saturated carbocycles. The summed E-state index contributed by atoms with van der Waals surface area (Å²) in [5.74, 6) is -0.660. The summed E-state index contributed by atoms with van der Waals surface area (Å²) in [5, 5.41) is 0. The molecule has 1 heterocycles. The molecule has 0 fully saturated rings. The Morgan fingerprint density at radius 2 is 2.00 bits per heavy atom. The van der Waals surface area contributed by atoms with E-state index in [-0.39, 0.29) is 30.0 Å². The van der Waals surface area contributed by atoms with Crippen molar-refractivity contribution in [2.75, 3.05) is 10.5 Å². The van der Waals surface area contributed by atoms with E-state index >= 15 is 0 Å². The van der Waals surface area contributed by atoms with Crippen molar-refractivity contribution in [3.05, 3.63) is 59.7 Å². The van der Waals surface area contributed by atoms with Gasteiger partial charge in [-0.05, 0) is 24.3 Å². The van der Waals surface area contributed by atoms with E-state index < -0.39 is 15.8 Å². The Balaban J connectivity index is 2.09. The Morgan fingerprint density at radius 3 is 2.67 bits per heavy atom. The highest BCUT2D eigenvalue weighted by atomic mass is 32.2. The summed E-state index contributed by atoms with van der Waals surface area (Å²) in [6.07, 6.45) is 1.89. The van der Waals surface area contributed by atoms with Gasteiger partial charge in [-0.25, -0.2) is 12.8 Å². The van der Waals surface area contributed by atoms with E-state index in [9.17, 15) is 12.8 Å². The van der Waals surface area contributed by atoms with Gasteiger partial charge in [0.1, 0.15) is 5.82 Å². The maximum atomic E-state index is 13.6. The van der Waals surface area contributed by atoms with Crippen LogP contribution < -0.4 is 10.5 Å². The van der Waals surface area contributed by atoms with Crippen LogP contribution in [0, 0.1) is 5.82 Å². The monoisotopic (exact) mass is 309 g/mol. The Kier molecular flexibility index (Phi) is 4.87. The lowest BCUT2D eigenvalue weighted by Gasteiger charge is -2.12. The molecule has 0 spiro atoms. The Bertz CT molecular complexity index is 705. The molecule has 2 rings (SSSR count). The van der Waals surface area contributed by atoms with Gasteiger partial charge < -0.3 is 5.73 Å². The molecule has 0 unspecified atom stereocenters. The molecule has 0 saturated heterocycles. The van der Waals surface area contributed by atoms with Crippen molar-refractivity contribution in [3.63, 3.8) is 0 Å². The van der Waals surface area contributed by atoms with Crippen molar-refractivity contribution in [2.24, 2.45) is 5.73 Å². The lowest BCUT2D eigenvalue weighted by molar-refractivity contribution is 0.599. The first-order chi connectivity index (χ1) is 10.0. The Hall–Kier alpha value is -1.99. The van der Waals surface area contributed by atoms with Gasteiger partial charge >= 0.3 is 0 Å². The summed E-state index contributed by atoms with van der Waals surface area (Å²) in [5.41, 5.74) is 6.46. The third-order valence-electron chi connectivity index (χ3n) is 2.94.